The molecular weight excluding hydrogens is 216 g/mol. The average molecular weight is 236 g/mol. The largest absolute Gasteiger partial charge is 0.493 e. The second-order valence-corrected chi connectivity index (χ2v) is 4.67. The lowest BCUT2D eigenvalue weighted by Crippen LogP contribution is -2.02. The summed E-state index contributed by atoms with van der Waals surface area (Å²) in [5.41, 5.74) is 1.17. The van der Waals surface area contributed by atoms with Crippen molar-refractivity contribution in [2.75, 3.05) is 6.61 Å². The van der Waals surface area contributed by atoms with Crippen molar-refractivity contribution < 1.29 is 14.6 Å². The highest BCUT2D eigenvalue weighted by Crippen LogP contribution is 2.19. The molecule has 0 saturated heterocycles. The van der Waals surface area contributed by atoms with Gasteiger partial charge < -0.3 is 9.84 Å². The molecular formula is C14H20O3. The number of aryl methyl sites for hydroxylation is 1. The molecule has 1 aromatic carbocycles. The number of hydrogen-bond donors (Lipinski definition) is 1. The molecule has 0 aromatic heterocycles. The Morgan fingerprint density at radius 2 is 2.12 bits per heavy atom. The van der Waals surface area contributed by atoms with E-state index in [4.69, 9.17) is 9.84 Å². The quantitative estimate of drug-likeness (QED) is 0.769. The topological polar surface area (TPSA) is 46.5 Å². The van der Waals surface area contributed by atoms with Crippen molar-refractivity contribution in [1.29, 1.82) is 0 Å². The van der Waals surface area contributed by atoms with Crippen molar-refractivity contribution >= 4 is 5.97 Å². The highest BCUT2D eigenvalue weighted by Gasteiger charge is 2.06. The normalized spacial score (nSPS) is 10.6. The van der Waals surface area contributed by atoms with E-state index in [9.17, 15) is 4.79 Å². The first kappa shape index (κ1) is 13.6. The summed E-state index contributed by atoms with van der Waals surface area (Å²) in [7, 11) is 0. The molecule has 1 N–H and O–H groups in total. The number of carbonyl (C=O) groups is 1. The van der Waals surface area contributed by atoms with Crippen LogP contribution in [-0.2, 0) is 0 Å². The Morgan fingerprint density at radius 1 is 1.41 bits per heavy atom. The fourth-order valence-corrected chi connectivity index (χ4v) is 1.62. The van der Waals surface area contributed by atoms with Gasteiger partial charge in [-0.05, 0) is 49.4 Å². The lowest BCUT2D eigenvalue weighted by molar-refractivity contribution is 0.0696. The van der Waals surface area contributed by atoms with Crippen LogP contribution in [0.1, 0.15) is 42.6 Å². The standard InChI is InChI=1S/C14H20O3/c1-10(2)5-4-8-17-13-7-6-12(14(15)16)9-11(13)3/h6-7,9-10H,4-5,8H2,1-3H3,(H,15,16). The summed E-state index contributed by atoms with van der Waals surface area (Å²) in [4.78, 5) is 10.8. The van der Waals surface area contributed by atoms with E-state index in [1.807, 2.05) is 6.92 Å². The first-order chi connectivity index (χ1) is 8.00. The summed E-state index contributed by atoms with van der Waals surface area (Å²) in [5.74, 6) is 0.562. The maximum atomic E-state index is 10.8. The second-order valence-electron chi connectivity index (χ2n) is 4.67. The van der Waals surface area contributed by atoms with Gasteiger partial charge in [0.2, 0.25) is 0 Å². The van der Waals surface area contributed by atoms with E-state index in [-0.39, 0.29) is 0 Å². The monoisotopic (exact) mass is 236 g/mol. The van der Waals surface area contributed by atoms with Gasteiger partial charge in [-0.3, -0.25) is 0 Å². The minimum atomic E-state index is -0.903. The van der Waals surface area contributed by atoms with Crippen molar-refractivity contribution in [3.8, 4) is 5.75 Å². The van der Waals surface area contributed by atoms with Crippen molar-refractivity contribution in [3.05, 3.63) is 29.3 Å². The van der Waals surface area contributed by atoms with Gasteiger partial charge >= 0.3 is 5.97 Å². The van der Waals surface area contributed by atoms with Gasteiger partial charge in [-0.1, -0.05) is 13.8 Å². The van der Waals surface area contributed by atoms with E-state index < -0.39 is 5.97 Å². The fourth-order valence-electron chi connectivity index (χ4n) is 1.62. The zero-order valence-corrected chi connectivity index (χ0v) is 10.7. The Bertz CT molecular complexity index is 383. The van der Waals surface area contributed by atoms with Crippen molar-refractivity contribution in [2.45, 2.75) is 33.6 Å². The van der Waals surface area contributed by atoms with Crippen LogP contribution in [0.3, 0.4) is 0 Å². The van der Waals surface area contributed by atoms with Crippen LogP contribution >= 0.6 is 0 Å². The number of aromatic carboxylic acids is 1. The number of carboxylic acid groups (broad SMARTS) is 1. The molecule has 1 aromatic rings. The number of ether oxygens (including phenoxy) is 1. The zero-order chi connectivity index (χ0) is 12.8. The van der Waals surface area contributed by atoms with Gasteiger partial charge in [0.05, 0.1) is 12.2 Å². The number of hydrogen-bond acceptors (Lipinski definition) is 2. The third-order valence-corrected chi connectivity index (χ3v) is 2.61. The maximum Gasteiger partial charge on any atom is 0.335 e. The molecule has 0 fully saturated rings. The van der Waals surface area contributed by atoms with Gasteiger partial charge in [0.15, 0.2) is 0 Å². The third-order valence-electron chi connectivity index (χ3n) is 2.61. The van der Waals surface area contributed by atoms with E-state index in [0.717, 1.165) is 24.2 Å². The van der Waals surface area contributed by atoms with Crippen LogP contribution in [0, 0.1) is 12.8 Å². The third kappa shape index (κ3) is 4.47. The molecule has 0 heterocycles. The van der Waals surface area contributed by atoms with Crippen LogP contribution in [0.25, 0.3) is 0 Å². The summed E-state index contributed by atoms with van der Waals surface area (Å²) in [5, 5.41) is 8.83. The van der Waals surface area contributed by atoms with E-state index in [1.54, 1.807) is 18.2 Å². The average Bonchev–Trinajstić information content (AvgIpc) is 2.25. The Kier molecular flexibility index (Phi) is 5.01. The molecule has 0 spiro atoms. The maximum absolute atomic E-state index is 10.8. The minimum Gasteiger partial charge on any atom is -0.493 e. The van der Waals surface area contributed by atoms with Crippen LogP contribution in [0.5, 0.6) is 5.75 Å². The summed E-state index contributed by atoms with van der Waals surface area (Å²) in [6.45, 7) is 6.93. The van der Waals surface area contributed by atoms with Gasteiger partial charge in [0.25, 0.3) is 0 Å². The summed E-state index contributed by atoms with van der Waals surface area (Å²) in [6, 6.07) is 4.95. The molecule has 0 unspecified atom stereocenters. The Balaban J connectivity index is 2.52. The lowest BCUT2D eigenvalue weighted by Gasteiger charge is -2.10. The molecule has 0 radical (unpaired) electrons. The van der Waals surface area contributed by atoms with E-state index in [2.05, 4.69) is 13.8 Å². The molecule has 3 nitrogen and oxygen atoms in total. The highest BCUT2D eigenvalue weighted by atomic mass is 16.5. The molecule has 0 aliphatic rings. The van der Waals surface area contributed by atoms with E-state index in [0.29, 0.717) is 18.1 Å². The van der Waals surface area contributed by atoms with Crippen LogP contribution in [-0.4, -0.2) is 17.7 Å². The molecule has 0 atom stereocenters. The van der Waals surface area contributed by atoms with Gasteiger partial charge in [-0.25, -0.2) is 4.79 Å². The van der Waals surface area contributed by atoms with E-state index in [1.165, 1.54) is 0 Å². The highest BCUT2D eigenvalue weighted by molar-refractivity contribution is 5.88. The number of rotatable bonds is 6. The SMILES string of the molecule is Cc1cc(C(=O)O)ccc1OCCCC(C)C. The van der Waals surface area contributed by atoms with Crippen LogP contribution in [0.4, 0.5) is 0 Å². The van der Waals surface area contributed by atoms with Gasteiger partial charge in [0.1, 0.15) is 5.75 Å². The molecule has 0 amide bonds. The predicted octanol–water partition coefficient (Wildman–Crippen LogP) is 3.51. The summed E-state index contributed by atoms with van der Waals surface area (Å²) in [6.07, 6.45) is 2.17. The molecule has 0 aliphatic heterocycles. The smallest absolute Gasteiger partial charge is 0.335 e. The molecule has 0 aliphatic carbocycles. The Labute approximate surface area is 102 Å². The van der Waals surface area contributed by atoms with Crippen molar-refractivity contribution in [1.82, 2.24) is 0 Å². The minimum absolute atomic E-state index is 0.303. The van der Waals surface area contributed by atoms with Crippen LogP contribution < -0.4 is 4.74 Å². The van der Waals surface area contributed by atoms with Crippen molar-refractivity contribution in [3.63, 3.8) is 0 Å². The second kappa shape index (κ2) is 6.28. The first-order valence-corrected chi connectivity index (χ1v) is 5.97. The van der Waals surface area contributed by atoms with Gasteiger partial charge in [-0.15, -0.1) is 0 Å². The van der Waals surface area contributed by atoms with Gasteiger partial charge in [0, 0.05) is 0 Å². The molecule has 3 heteroatoms. The Hall–Kier alpha value is -1.51. The van der Waals surface area contributed by atoms with E-state index >= 15 is 0 Å². The molecule has 0 bridgehead atoms. The first-order valence-electron chi connectivity index (χ1n) is 5.97. The molecule has 1 rings (SSSR count). The van der Waals surface area contributed by atoms with Crippen LogP contribution in [0.2, 0.25) is 0 Å². The Morgan fingerprint density at radius 3 is 2.65 bits per heavy atom. The molecule has 94 valence electrons. The van der Waals surface area contributed by atoms with Gasteiger partial charge in [-0.2, -0.15) is 0 Å². The van der Waals surface area contributed by atoms with Crippen LogP contribution in [0.15, 0.2) is 18.2 Å². The summed E-state index contributed by atoms with van der Waals surface area (Å²) >= 11 is 0. The van der Waals surface area contributed by atoms with Crippen molar-refractivity contribution in [2.24, 2.45) is 5.92 Å². The zero-order valence-electron chi connectivity index (χ0n) is 10.7. The summed E-state index contributed by atoms with van der Waals surface area (Å²) < 4.78 is 5.63. The number of carboxylic acids is 1. The fraction of sp³-hybridized carbons (Fsp3) is 0.500. The molecule has 17 heavy (non-hydrogen) atoms. The molecule has 0 saturated carbocycles. The lowest BCUT2D eigenvalue weighted by atomic mass is 10.1. The number of benzene rings is 1. The predicted molar refractivity (Wildman–Crippen MR) is 67.7 cm³/mol.